The van der Waals surface area contributed by atoms with Gasteiger partial charge in [0.25, 0.3) is 0 Å². The second kappa shape index (κ2) is 13.8. The van der Waals surface area contributed by atoms with Crippen LogP contribution in [0.4, 0.5) is 0 Å². The van der Waals surface area contributed by atoms with E-state index in [1.165, 1.54) is 27.8 Å². The van der Waals surface area contributed by atoms with Crippen molar-refractivity contribution in [3.05, 3.63) is 169 Å². The van der Waals surface area contributed by atoms with Crippen LogP contribution in [-0.2, 0) is 10.8 Å². The minimum Gasteiger partial charge on any atom is -0.497 e. The molecule has 6 aromatic carbocycles. The van der Waals surface area contributed by atoms with Crippen molar-refractivity contribution in [3.63, 3.8) is 0 Å². The van der Waals surface area contributed by atoms with E-state index in [4.69, 9.17) is 14.7 Å². The quantitative estimate of drug-likeness (QED) is 0.169. The molecule has 0 saturated heterocycles. The van der Waals surface area contributed by atoms with Crippen molar-refractivity contribution in [1.29, 1.82) is 0 Å². The van der Waals surface area contributed by atoms with Crippen LogP contribution in [0.25, 0.3) is 83.4 Å². The van der Waals surface area contributed by atoms with Crippen LogP contribution in [0.1, 0.15) is 58.2 Å². The van der Waals surface area contributed by atoms with Crippen LogP contribution in [0.15, 0.2) is 152 Å². The summed E-state index contributed by atoms with van der Waals surface area (Å²) in [6, 6.07) is 50.4. The number of nitrogens with zero attached hydrogens (tertiary/aromatic N) is 5. The summed E-state index contributed by atoms with van der Waals surface area (Å²) in [5, 5.41) is 4.43. The van der Waals surface area contributed by atoms with E-state index in [0.29, 0.717) is 0 Å². The molecule has 0 spiro atoms. The lowest BCUT2D eigenvalue weighted by Crippen LogP contribution is -2.12. The summed E-state index contributed by atoms with van der Waals surface area (Å²) >= 11 is 0. The fourth-order valence-electron chi connectivity index (χ4n) is 8.90. The number of hydrogen-bond acceptors (Lipinski definition) is 3. The second-order valence-electron chi connectivity index (χ2n) is 18.0. The summed E-state index contributed by atoms with van der Waals surface area (Å²) < 4.78 is 12.5. The van der Waals surface area contributed by atoms with Gasteiger partial charge in [0.05, 0.1) is 18.1 Å². The maximum Gasteiger partial charge on any atom is 0.220 e. The third-order valence-corrected chi connectivity index (χ3v) is 12.1. The van der Waals surface area contributed by atoms with Gasteiger partial charge in [-0.15, -0.1) is 0 Å². The van der Waals surface area contributed by atoms with Gasteiger partial charge < -0.3 is 4.74 Å². The molecule has 0 amide bonds. The average molecular weight is 784 g/mol. The number of para-hydroxylation sites is 2. The molecular weight excluding hydrogens is 735 g/mol. The van der Waals surface area contributed by atoms with E-state index in [1.807, 2.05) is 12.4 Å². The molecule has 0 bridgehead atoms. The number of methoxy groups -OCH3 is 1. The van der Waals surface area contributed by atoms with Crippen LogP contribution in [0.5, 0.6) is 5.75 Å². The zero-order valence-electron chi connectivity index (χ0n) is 35.6. The van der Waals surface area contributed by atoms with E-state index in [2.05, 4.69) is 202 Å². The predicted octanol–water partition coefficient (Wildman–Crippen LogP) is 13.7. The number of ether oxygens (including phenoxy) is 1. The Balaban J connectivity index is 1.36. The molecule has 0 radical (unpaired) electrons. The van der Waals surface area contributed by atoms with Crippen molar-refractivity contribution in [1.82, 2.24) is 23.7 Å². The lowest BCUT2D eigenvalue weighted by atomic mass is 9.84. The second-order valence-corrected chi connectivity index (χ2v) is 18.0. The van der Waals surface area contributed by atoms with Crippen molar-refractivity contribution in [2.24, 2.45) is 0 Å². The Morgan fingerprint density at radius 1 is 0.550 bits per heavy atom. The van der Waals surface area contributed by atoms with E-state index in [-0.39, 0.29) is 10.8 Å². The number of aromatic nitrogens is 5. The molecule has 0 fully saturated rings. The lowest BCUT2D eigenvalue weighted by Gasteiger charge is -2.23. The average Bonchev–Trinajstić information content (AvgIpc) is 3.95. The SMILES string of the molecule is COc1ccc(-c2c3c4ccccc4n(-c4cc(-c5ccccc5C)cc(C(C)(C)C)c4)c3nc3c2c2ccccc2n3-c2nccn2-c2ccc(C(C)(C)C)cc2)cc1. The molecule has 4 aromatic heterocycles. The molecule has 0 aliphatic rings. The molecular formula is C54H49N5O. The van der Waals surface area contributed by atoms with Crippen molar-refractivity contribution in [3.8, 4) is 45.3 Å². The van der Waals surface area contributed by atoms with Crippen LogP contribution in [-0.4, -0.2) is 30.8 Å². The Hall–Kier alpha value is -6.92. The number of imidazole rings is 1. The third kappa shape index (κ3) is 6.00. The summed E-state index contributed by atoms with van der Waals surface area (Å²) in [7, 11) is 1.72. The largest absolute Gasteiger partial charge is 0.497 e. The van der Waals surface area contributed by atoms with E-state index in [9.17, 15) is 0 Å². The van der Waals surface area contributed by atoms with Crippen molar-refractivity contribution < 1.29 is 4.74 Å². The third-order valence-electron chi connectivity index (χ3n) is 12.1. The Kier molecular flexibility index (Phi) is 8.62. The van der Waals surface area contributed by atoms with Crippen LogP contribution in [0.3, 0.4) is 0 Å². The number of benzene rings is 6. The zero-order valence-corrected chi connectivity index (χ0v) is 35.6. The smallest absolute Gasteiger partial charge is 0.220 e. The summed E-state index contributed by atoms with van der Waals surface area (Å²) in [5.74, 6) is 1.59. The Labute approximate surface area is 351 Å². The molecule has 6 heteroatoms. The number of hydrogen-bond donors (Lipinski definition) is 0. The van der Waals surface area contributed by atoms with Gasteiger partial charge in [0.15, 0.2) is 5.65 Å². The highest BCUT2D eigenvalue weighted by molar-refractivity contribution is 6.26. The van der Waals surface area contributed by atoms with E-state index < -0.39 is 0 Å². The van der Waals surface area contributed by atoms with Gasteiger partial charge in [0.1, 0.15) is 11.4 Å². The Morgan fingerprint density at radius 2 is 1.15 bits per heavy atom. The molecule has 296 valence electrons. The maximum absolute atomic E-state index is 5.85. The van der Waals surface area contributed by atoms with Gasteiger partial charge in [-0.05, 0) is 99.7 Å². The van der Waals surface area contributed by atoms with Gasteiger partial charge in [0, 0.05) is 50.9 Å². The van der Waals surface area contributed by atoms with Crippen LogP contribution < -0.4 is 4.74 Å². The number of aryl methyl sites for hydroxylation is 1. The highest BCUT2D eigenvalue weighted by atomic mass is 16.5. The summed E-state index contributed by atoms with van der Waals surface area (Å²) in [6.07, 6.45) is 3.94. The molecule has 10 aromatic rings. The zero-order chi connectivity index (χ0) is 41.5. The molecule has 4 heterocycles. The maximum atomic E-state index is 5.85. The van der Waals surface area contributed by atoms with Crippen molar-refractivity contribution in [2.75, 3.05) is 7.11 Å². The number of fused-ring (bicyclic) bond motifs is 6. The molecule has 0 N–H and O–H groups in total. The molecule has 0 atom stereocenters. The van der Waals surface area contributed by atoms with E-state index in [0.717, 1.165) is 78.1 Å². The van der Waals surface area contributed by atoms with Gasteiger partial charge in [0.2, 0.25) is 5.95 Å². The lowest BCUT2D eigenvalue weighted by molar-refractivity contribution is 0.415. The fraction of sp³-hybridized carbons (Fsp3) is 0.185. The predicted molar refractivity (Wildman–Crippen MR) is 250 cm³/mol. The van der Waals surface area contributed by atoms with Crippen LogP contribution in [0, 0.1) is 6.92 Å². The summed E-state index contributed by atoms with van der Waals surface area (Å²) in [4.78, 5) is 10.9. The molecule has 6 nitrogen and oxygen atoms in total. The van der Waals surface area contributed by atoms with E-state index >= 15 is 0 Å². The standard InChI is InChI=1S/C54H49N5O/c1-34-15-9-10-16-42(34)36-31-38(54(5,6)7)33-40(32-36)58-45-19-13-11-17-43(45)48-47(35-21-27-41(60-8)28-22-35)49-44-18-12-14-20-46(44)59(51(49)56-50(48)58)52-55-29-30-57(52)39-25-23-37(24-26-39)53(2,3)4/h9-33H,1-8H3. The normalized spacial score (nSPS) is 12.3. The first-order chi connectivity index (χ1) is 28.9. The minimum atomic E-state index is -0.101. The highest BCUT2D eigenvalue weighted by Crippen LogP contribution is 2.46. The molecule has 0 aliphatic carbocycles. The number of pyridine rings is 1. The topological polar surface area (TPSA) is 49.8 Å². The van der Waals surface area contributed by atoms with Crippen LogP contribution >= 0.6 is 0 Å². The van der Waals surface area contributed by atoms with Crippen LogP contribution in [0.2, 0.25) is 0 Å². The van der Waals surface area contributed by atoms with Gasteiger partial charge >= 0.3 is 0 Å². The molecule has 0 saturated carbocycles. The molecule has 0 unspecified atom stereocenters. The van der Waals surface area contributed by atoms with E-state index in [1.54, 1.807) is 7.11 Å². The minimum absolute atomic E-state index is 0.0435. The monoisotopic (exact) mass is 783 g/mol. The van der Waals surface area contributed by atoms with Crippen molar-refractivity contribution >= 4 is 43.9 Å². The fourth-order valence-corrected chi connectivity index (χ4v) is 8.90. The molecule has 10 rings (SSSR count). The van der Waals surface area contributed by atoms with Crippen molar-refractivity contribution in [2.45, 2.75) is 59.3 Å². The summed E-state index contributed by atoms with van der Waals surface area (Å²) in [6.45, 7) is 15.8. The molecule has 60 heavy (non-hydrogen) atoms. The first-order valence-corrected chi connectivity index (χ1v) is 20.8. The Bertz CT molecular complexity index is 3260. The molecule has 0 aliphatic heterocycles. The van der Waals surface area contributed by atoms with Gasteiger partial charge in [-0.2, -0.15) is 0 Å². The Morgan fingerprint density at radius 3 is 1.78 bits per heavy atom. The van der Waals surface area contributed by atoms with Gasteiger partial charge in [-0.1, -0.05) is 133 Å². The highest BCUT2D eigenvalue weighted by Gasteiger charge is 2.28. The van der Waals surface area contributed by atoms with Gasteiger partial charge in [-0.25, -0.2) is 9.97 Å². The summed E-state index contributed by atoms with van der Waals surface area (Å²) in [5.41, 5.74) is 14.3. The van der Waals surface area contributed by atoms with Gasteiger partial charge in [-0.3, -0.25) is 13.7 Å². The first-order valence-electron chi connectivity index (χ1n) is 20.8. The first kappa shape index (κ1) is 37.4. The number of rotatable bonds is 6.